The molecule has 1 aromatic carbocycles. The minimum Gasteiger partial charge on any atom is -0.348 e. The fourth-order valence-corrected chi connectivity index (χ4v) is 2.06. The van der Waals surface area contributed by atoms with Gasteiger partial charge in [-0.15, -0.1) is 0 Å². The zero-order chi connectivity index (χ0) is 12.5. The fraction of sp³-hybridized carbons (Fsp3) is 0.143. The monoisotopic (exact) mass is 239 g/mol. The lowest BCUT2D eigenvalue weighted by Crippen LogP contribution is -2.20. The fourth-order valence-electron chi connectivity index (χ4n) is 2.06. The lowest BCUT2D eigenvalue weighted by molar-refractivity contribution is 0.746. The first-order valence-electron chi connectivity index (χ1n) is 5.83. The number of H-pyrrole nitrogens is 1. The van der Waals surface area contributed by atoms with Crippen LogP contribution in [0.1, 0.15) is 11.4 Å². The molecule has 4 heteroatoms. The summed E-state index contributed by atoms with van der Waals surface area (Å²) in [6.45, 7) is 2.45. The number of benzene rings is 1. The van der Waals surface area contributed by atoms with Gasteiger partial charge in [-0.3, -0.25) is 4.79 Å². The first-order valence-corrected chi connectivity index (χ1v) is 5.83. The SMILES string of the molecule is Cc1[nH]cnc1Cn1ccc2ccccc2c1=O. The largest absolute Gasteiger partial charge is 0.348 e. The van der Waals surface area contributed by atoms with Gasteiger partial charge in [-0.25, -0.2) is 4.98 Å². The molecule has 0 atom stereocenters. The molecule has 90 valence electrons. The van der Waals surface area contributed by atoms with E-state index in [4.69, 9.17) is 0 Å². The van der Waals surface area contributed by atoms with E-state index in [1.165, 1.54) is 0 Å². The summed E-state index contributed by atoms with van der Waals surface area (Å²) < 4.78 is 1.69. The number of aryl methyl sites for hydroxylation is 1. The Morgan fingerprint density at radius 2 is 2.11 bits per heavy atom. The average molecular weight is 239 g/mol. The Balaban J connectivity index is 2.11. The van der Waals surface area contributed by atoms with Crippen molar-refractivity contribution < 1.29 is 0 Å². The third kappa shape index (κ3) is 1.72. The molecule has 0 bridgehead atoms. The molecule has 0 spiro atoms. The van der Waals surface area contributed by atoms with Crippen LogP contribution in [0.15, 0.2) is 47.7 Å². The van der Waals surface area contributed by atoms with Gasteiger partial charge in [-0.1, -0.05) is 18.2 Å². The van der Waals surface area contributed by atoms with Gasteiger partial charge in [0.05, 0.1) is 18.6 Å². The van der Waals surface area contributed by atoms with Crippen LogP contribution < -0.4 is 5.56 Å². The Morgan fingerprint density at radius 1 is 1.28 bits per heavy atom. The van der Waals surface area contributed by atoms with Gasteiger partial charge < -0.3 is 9.55 Å². The molecule has 0 amide bonds. The van der Waals surface area contributed by atoms with Gasteiger partial charge in [-0.2, -0.15) is 0 Å². The summed E-state index contributed by atoms with van der Waals surface area (Å²) in [5, 5.41) is 1.71. The van der Waals surface area contributed by atoms with Crippen molar-refractivity contribution in [2.75, 3.05) is 0 Å². The lowest BCUT2D eigenvalue weighted by atomic mass is 10.2. The summed E-state index contributed by atoms with van der Waals surface area (Å²) in [6, 6.07) is 9.57. The number of aromatic nitrogens is 3. The van der Waals surface area contributed by atoms with E-state index in [9.17, 15) is 4.79 Å². The summed E-state index contributed by atoms with van der Waals surface area (Å²) in [7, 11) is 0. The van der Waals surface area contributed by atoms with Crippen LogP contribution in [-0.4, -0.2) is 14.5 Å². The van der Waals surface area contributed by atoms with Crippen molar-refractivity contribution in [1.29, 1.82) is 0 Å². The number of nitrogens with zero attached hydrogens (tertiary/aromatic N) is 2. The summed E-state index contributed by atoms with van der Waals surface area (Å²) in [5.41, 5.74) is 1.91. The Kier molecular flexibility index (Phi) is 2.48. The van der Waals surface area contributed by atoms with Crippen LogP contribution in [0.3, 0.4) is 0 Å². The quantitative estimate of drug-likeness (QED) is 0.744. The number of pyridine rings is 1. The second-order valence-electron chi connectivity index (χ2n) is 4.31. The molecular weight excluding hydrogens is 226 g/mol. The molecule has 0 radical (unpaired) electrons. The third-order valence-corrected chi connectivity index (χ3v) is 3.14. The highest BCUT2D eigenvalue weighted by Gasteiger charge is 2.05. The van der Waals surface area contributed by atoms with Crippen LogP contribution in [-0.2, 0) is 6.54 Å². The van der Waals surface area contributed by atoms with Gasteiger partial charge in [-0.05, 0) is 24.4 Å². The van der Waals surface area contributed by atoms with Gasteiger partial charge in [0.1, 0.15) is 0 Å². The molecule has 4 nitrogen and oxygen atoms in total. The van der Waals surface area contributed by atoms with E-state index in [1.54, 1.807) is 10.9 Å². The summed E-state index contributed by atoms with van der Waals surface area (Å²) in [5.74, 6) is 0. The van der Waals surface area contributed by atoms with E-state index in [2.05, 4.69) is 9.97 Å². The van der Waals surface area contributed by atoms with Crippen molar-refractivity contribution in [3.05, 3.63) is 64.6 Å². The predicted molar refractivity (Wildman–Crippen MR) is 70.6 cm³/mol. The second-order valence-corrected chi connectivity index (χ2v) is 4.31. The molecule has 0 aliphatic heterocycles. The number of hydrogen-bond donors (Lipinski definition) is 1. The molecule has 1 N–H and O–H groups in total. The van der Waals surface area contributed by atoms with Crippen LogP contribution in [0, 0.1) is 6.92 Å². The lowest BCUT2D eigenvalue weighted by Gasteiger charge is -2.06. The topological polar surface area (TPSA) is 50.7 Å². The number of hydrogen-bond acceptors (Lipinski definition) is 2. The van der Waals surface area contributed by atoms with E-state index in [1.807, 2.05) is 43.5 Å². The van der Waals surface area contributed by atoms with Crippen LogP contribution in [0.2, 0.25) is 0 Å². The highest BCUT2D eigenvalue weighted by atomic mass is 16.1. The average Bonchev–Trinajstić information content (AvgIpc) is 2.79. The molecule has 0 fully saturated rings. The van der Waals surface area contributed by atoms with Crippen molar-refractivity contribution >= 4 is 10.8 Å². The van der Waals surface area contributed by atoms with E-state index < -0.39 is 0 Å². The van der Waals surface area contributed by atoms with Crippen molar-refractivity contribution in [2.45, 2.75) is 13.5 Å². The standard InChI is InChI=1S/C14H13N3O/c1-10-13(16-9-15-10)8-17-7-6-11-4-2-3-5-12(11)14(17)18/h2-7,9H,8H2,1H3,(H,15,16). The van der Waals surface area contributed by atoms with E-state index in [0.717, 1.165) is 22.2 Å². The van der Waals surface area contributed by atoms with Gasteiger partial charge >= 0.3 is 0 Å². The van der Waals surface area contributed by atoms with Crippen LogP contribution in [0.25, 0.3) is 10.8 Å². The molecule has 0 aliphatic carbocycles. The van der Waals surface area contributed by atoms with Gasteiger partial charge in [0.25, 0.3) is 5.56 Å². The Morgan fingerprint density at radius 3 is 2.89 bits per heavy atom. The molecule has 0 saturated carbocycles. The van der Waals surface area contributed by atoms with Crippen LogP contribution in [0.4, 0.5) is 0 Å². The third-order valence-electron chi connectivity index (χ3n) is 3.14. The highest BCUT2D eigenvalue weighted by molar-refractivity contribution is 5.81. The molecule has 18 heavy (non-hydrogen) atoms. The van der Waals surface area contributed by atoms with Gasteiger partial charge in [0.15, 0.2) is 0 Å². The van der Waals surface area contributed by atoms with E-state index in [-0.39, 0.29) is 5.56 Å². The normalized spacial score (nSPS) is 10.9. The second kappa shape index (κ2) is 4.14. The van der Waals surface area contributed by atoms with Crippen molar-refractivity contribution in [3.8, 4) is 0 Å². The summed E-state index contributed by atoms with van der Waals surface area (Å²) >= 11 is 0. The molecule has 0 aliphatic rings. The van der Waals surface area contributed by atoms with Crippen molar-refractivity contribution in [3.63, 3.8) is 0 Å². The molecule has 3 rings (SSSR count). The minimum atomic E-state index is 0.0236. The van der Waals surface area contributed by atoms with Gasteiger partial charge in [0.2, 0.25) is 0 Å². The minimum absolute atomic E-state index is 0.0236. The number of fused-ring (bicyclic) bond motifs is 1. The van der Waals surface area contributed by atoms with Crippen LogP contribution >= 0.6 is 0 Å². The van der Waals surface area contributed by atoms with Crippen molar-refractivity contribution in [1.82, 2.24) is 14.5 Å². The predicted octanol–water partition coefficient (Wildman–Crippen LogP) is 2.08. The Bertz CT molecular complexity index is 755. The maximum atomic E-state index is 12.3. The Hall–Kier alpha value is -2.36. The molecule has 0 unspecified atom stereocenters. The zero-order valence-electron chi connectivity index (χ0n) is 10.1. The zero-order valence-corrected chi connectivity index (χ0v) is 10.1. The molecule has 3 aromatic rings. The first kappa shape index (κ1) is 10.8. The van der Waals surface area contributed by atoms with Crippen LogP contribution in [0.5, 0.6) is 0 Å². The highest BCUT2D eigenvalue weighted by Crippen LogP contribution is 2.09. The molecular formula is C14H13N3O. The van der Waals surface area contributed by atoms with E-state index >= 15 is 0 Å². The molecule has 0 saturated heterocycles. The maximum Gasteiger partial charge on any atom is 0.258 e. The smallest absolute Gasteiger partial charge is 0.258 e. The van der Waals surface area contributed by atoms with Gasteiger partial charge in [0, 0.05) is 17.3 Å². The first-order chi connectivity index (χ1) is 8.75. The number of aromatic amines is 1. The number of imidazole rings is 1. The van der Waals surface area contributed by atoms with Crippen molar-refractivity contribution in [2.24, 2.45) is 0 Å². The Labute approximate surface area is 104 Å². The molecule has 2 aromatic heterocycles. The molecule has 2 heterocycles. The number of rotatable bonds is 2. The summed E-state index contributed by atoms with van der Waals surface area (Å²) in [4.78, 5) is 19.5. The maximum absolute atomic E-state index is 12.3. The summed E-state index contributed by atoms with van der Waals surface area (Å²) in [6.07, 6.45) is 3.47. The van der Waals surface area contributed by atoms with E-state index in [0.29, 0.717) is 6.54 Å². The number of nitrogens with one attached hydrogen (secondary N) is 1.